The molecule has 2 aromatic heterocycles. The number of aromatic nitrogens is 2. The minimum atomic E-state index is -4.47. The Morgan fingerprint density at radius 1 is 0.553 bits per heavy atom. The number of alkyl halides is 3. The maximum Gasteiger partial charge on any atom is 0.416 e. The van der Waals surface area contributed by atoms with E-state index in [1.54, 1.807) is 6.92 Å². The Hall–Kier alpha value is -5.80. The maximum atomic E-state index is 13.8. The highest BCUT2D eigenvalue weighted by Gasteiger charge is 2.31. The van der Waals surface area contributed by atoms with Crippen molar-refractivity contribution < 1.29 is 13.2 Å². The summed E-state index contributed by atoms with van der Waals surface area (Å²) in [5.41, 5.74) is 8.78. The molecule has 0 fully saturated rings. The highest BCUT2D eigenvalue weighted by molar-refractivity contribution is 6.12. The van der Waals surface area contributed by atoms with E-state index in [-0.39, 0.29) is 0 Å². The first-order valence-electron chi connectivity index (χ1n) is 15.4. The van der Waals surface area contributed by atoms with E-state index in [9.17, 15) is 18.4 Å². The van der Waals surface area contributed by atoms with Gasteiger partial charge in [0.05, 0.1) is 39.0 Å². The second-order valence-corrected chi connectivity index (χ2v) is 12.1. The van der Waals surface area contributed by atoms with Crippen molar-refractivity contribution >= 4 is 43.6 Å². The van der Waals surface area contributed by atoms with Crippen LogP contribution in [0.15, 0.2) is 115 Å². The van der Waals surface area contributed by atoms with Gasteiger partial charge < -0.3 is 9.13 Å². The number of rotatable bonds is 3. The van der Waals surface area contributed by atoms with Crippen molar-refractivity contribution in [1.29, 1.82) is 5.26 Å². The molecule has 0 radical (unpaired) electrons. The SMILES string of the molecule is Cc1cc(C(F)(F)F)ccc1-c1ccc(-n2c3ccccc3c3cccc(C)c32)c(C#N)c1-n1c2ccccc2c2cccc(C)c21. The lowest BCUT2D eigenvalue weighted by Gasteiger charge is -2.22. The Labute approximate surface area is 269 Å². The average molecular weight is 620 g/mol. The first kappa shape index (κ1) is 28.7. The third-order valence-electron chi connectivity index (χ3n) is 9.37. The quantitative estimate of drug-likeness (QED) is 0.194. The molecule has 47 heavy (non-hydrogen) atoms. The molecule has 3 nitrogen and oxygen atoms in total. The molecular weight excluding hydrogens is 591 g/mol. The molecule has 0 bridgehead atoms. The smallest absolute Gasteiger partial charge is 0.308 e. The summed E-state index contributed by atoms with van der Waals surface area (Å²) in [7, 11) is 0. The van der Waals surface area contributed by atoms with Gasteiger partial charge in [0.15, 0.2) is 0 Å². The molecule has 0 spiro atoms. The van der Waals surface area contributed by atoms with Crippen LogP contribution in [0.2, 0.25) is 0 Å². The summed E-state index contributed by atoms with van der Waals surface area (Å²) >= 11 is 0. The molecule has 0 aliphatic carbocycles. The molecule has 8 rings (SSSR count). The van der Waals surface area contributed by atoms with E-state index in [1.807, 2.05) is 67.6 Å². The van der Waals surface area contributed by atoms with E-state index in [2.05, 4.69) is 58.5 Å². The van der Waals surface area contributed by atoms with Crippen LogP contribution < -0.4 is 0 Å². The van der Waals surface area contributed by atoms with E-state index in [0.29, 0.717) is 33.6 Å². The highest BCUT2D eigenvalue weighted by Crippen LogP contribution is 2.44. The molecule has 2 heterocycles. The van der Waals surface area contributed by atoms with Crippen LogP contribution in [0.1, 0.15) is 27.8 Å². The van der Waals surface area contributed by atoms with Crippen molar-refractivity contribution in [3.05, 3.63) is 143 Å². The number of benzene rings is 6. The van der Waals surface area contributed by atoms with Crippen LogP contribution in [0.3, 0.4) is 0 Å². The summed E-state index contributed by atoms with van der Waals surface area (Å²) in [4.78, 5) is 0. The number of nitrogens with zero attached hydrogens (tertiary/aromatic N) is 3. The third-order valence-corrected chi connectivity index (χ3v) is 9.37. The van der Waals surface area contributed by atoms with E-state index in [1.165, 1.54) is 12.1 Å². The van der Waals surface area contributed by atoms with Gasteiger partial charge in [-0.2, -0.15) is 18.4 Å². The molecule has 6 aromatic carbocycles. The molecule has 0 saturated heterocycles. The first-order valence-corrected chi connectivity index (χ1v) is 15.4. The monoisotopic (exact) mass is 619 g/mol. The molecule has 0 N–H and O–H groups in total. The minimum Gasteiger partial charge on any atom is -0.308 e. The minimum absolute atomic E-state index is 0.429. The van der Waals surface area contributed by atoms with Crippen molar-refractivity contribution in [1.82, 2.24) is 9.13 Å². The van der Waals surface area contributed by atoms with Crippen molar-refractivity contribution in [3.8, 4) is 28.6 Å². The number of para-hydroxylation sites is 4. The van der Waals surface area contributed by atoms with Crippen LogP contribution in [-0.2, 0) is 6.18 Å². The number of hydrogen-bond donors (Lipinski definition) is 0. The predicted octanol–water partition coefficient (Wildman–Crippen LogP) is 11.4. The second-order valence-electron chi connectivity index (χ2n) is 12.1. The second kappa shape index (κ2) is 10.4. The molecule has 6 heteroatoms. The van der Waals surface area contributed by atoms with Gasteiger partial charge in [-0.1, -0.05) is 84.9 Å². The zero-order chi connectivity index (χ0) is 32.6. The predicted molar refractivity (Wildman–Crippen MR) is 184 cm³/mol. The van der Waals surface area contributed by atoms with Crippen molar-refractivity contribution in [3.63, 3.8) is 0 Å². The fourth-order valence-corrected chi connectivity index (χ4v) is 7.33. The Kier molecular flexibility index (Phi) is 6.32. The Morgan fingerprint density at radius 3 is 1.66 bits per heavy atom. The number of halogens is 3. The molecule has 0 saturated carbocycles. The van der Waals surface area contributed by atoms with Crippen molar-refractivity contribution in [2.24, 2.45) is 0 Å². The largest absolute Gasteiger partial charge is 0.416 e. The standard InChI is InChI=1S/C41H28F3N3/c1-24-10-8-14-31-29-12-4-6-16-35(29)46(38(24)31)37-21-20-33(28-19-18-27(22-26(28)3)41(42,43)44)40(34(37)23-45)47-36-17-7-5-13-30(36)32-15-9-11-25(2)39(32)47/h4-22H,1-3H3. The van der Waals surface area contributed by atoms with Gasteiger partial charge in [-0.15, -0.1) is 0 Å². The summed E-state index contributed by atoms with van der Waals surface area (Å²) < 4.78 is 45.6. The summed E-state index contributed by atoms with van der Waals surface area (Å²) in [5, 5.41) is 15.4. The molecule has 228 valence electrons. The fourth-order valence-electron chi connectivity index (χ4n) is 7.33. The van der Waals surface area contributed by atoms with E-state index >= 15 is 0 Å². The molecule has 0 aliphatic heterocycles. The van der Waals surface area contributed by atoms with E-state index in [4.69, 9.17) is 0 Å². The van der Waals surface area contributed by atoms with Crippen LogP contribution in [0.25, 0.3) is 66.1 Å². The molecule has 0 aliphatic rings. The van der Waals surface area contributed by atoms with Crippen LogP contribution in [-0.4, -0.2) is 9.13 Å². The van der Waals surface area contributed by atoms with E-state index in [0.717, 1.165) is 60.8 Å². The lowest BCUT2D eigenvalue weighted by atomic mass is 9.93. The molecule has 0 amide bonds. The third kappa shape index (κ3) is 4.20. The van der Waals surface area contributed by atoms with Gasteiger partial charge in [0.1, 0.15) is 11.6 Å². The van der Waals surface area contributed by atoms with Gasteiger partial charge in [-0.25, -0.2) is 0 Å². The first-order chi connectivity index (χ1) is 22.7. The topological polar surface area (TPSA) is 33.6 Å². The van der Waals surface area contributed by atoms with E-state index < -0.39 is 11.7 Å². The number of fused-ring (bicyclic) bond motifs is 6. The zero-order valence-electron chi connectivity index (χ0n) is 25.9. The number of nitriles is 1. The summed E-state index contributed by atoms with van der Waals surface area (Å²) in [6.45, 7) is 5.82. The summed E-state index contributed by atoms with van der Waals surface area (Å²) in [6, 6.07) is 38.9. The number of hydrogen-bond acceptors (Lipinski definition) is 1. The van der Waals surface area contributed by atoms with Crippen LogP contribution >= 0.6 is 0 Å². The Balaban J connectivity index is 1.58. The average Bonchev–Trinajstić information content (AvgIpc) is 3.58. The lowest BCUT2D eigenvalue weighted by Crippen LogP contribution is -2.08. The number of aryl methyl sites for hydroxylation is 3. The van der Waals surface area contributed by atoms with Gasteiger partial charge in [-0.3, -0.25) is 0 Å². The molecule has 8 aromatic rings. The van der Waals surface area contributed by atoms with Gasteiger partial charge in [-0.05, 0) is 73.4 Å². The lowest BCUT2D eigenvalue weighted by molar-refractivity contribution is -0.137. The summed E-state index contributed by atoms with van der Waals surface area (Å²) in [6.07, 6.45) is -4.47. The van der Waals surface area contributed by atoms with Gasteiger partial charge in [0.25, 0.3) is 0 Å². The molecule has 0 atom stereocenters. The van der Waals surface area contributed by atoms with Crippen molar-refractivity contribution in [2.75, 3.05) is 0 Å². The van der Waals surface area contributed by atoms with Crippen LogP contribution in [0.4, 0.5) is 13.2 Å². The Bertz CT molecular complexity index is 2610. The van der Waals surface area contributed by atoms with Gasteiger partial charge >= 0.3 is 6.18 Å². The maximum absolute atomic E-state index is 13.8. The molecule has 0 unspecified atom stereocenters. The van der Waals surface area contributed by atoms with Crippen LogP contribution in [0.5, 0.6) is 0 Å². The highest BCUT2D eigenvalue weighted by atomic mass is 19.4. The normalized spacial score (nSPS) is 12.0. The van der Waals surface area contributed by atoms with Gasteiger partial charge in [0.2, 0.25) is 0 Å². The molecular formula is C41H28F3N3. The van der Waals surface area contributed by atoms with Gasteiger partial charge in [0, 0.05) is 27.1 Å². The fraction of sp³-hybridized carbons (Fsp3) is 0.0976. The van der Waals surface area contributed by atoms with Crippen molar-refractivity contribution in [2.45, 2.75) is 26.9 Å². The Morgan fingerprint density at radius 2 is 1.09 bits per heavy atom. The van der Waals surface area contributed by atoms with Crippen LogP contribution in [0, 0.1) is 32.1 Å². The zero-order valence-corrected chi connectivity index (χ0v) is 25.9. The summed E-state index contributed by atoms with van der Waals surface area (Å²) in [5.74, 6) is 0.